The van der Waals surface area contributed by atoms with E-state index in [1.807, 2.05) is 18.2 Å². The molecule has 0 saturated carbocycles. The molecule has 6 heteroatoms. The summed E-state index contributed by atoms with van der Waals surface area (Å²) >= 11 is 1.53. The molecular formula is C14H17N3O2S. The van der Waals surface area contributed by atoms with Gasteiger partial charge in [-0.1, -0.05) is 17.8 Å². The lowest BCUT2D eigenvalue weighted by atomic mass is 10.1. The van der Waals surface area contributed by atoms with Crippen LogP contribution in [-0.2, 0) is 0 Å². The van der Waals surface area contributed by atoms with Crippen molar-refractivity contribution in [2.45, 2.75) is 11.2 Å². The number of hydrogen-bond donors (Lipinski definition) is 1. The van der Waals surface area contributed by atoms with Gasteiger partial charge in [0.25, 0.3) is 0 Å². The molecule has 1 heterocycles. The number of thioether (sulfide) groups is 1. The highest BCUT2D eigenvalue weighted by molar-refractivity contribution is 7.99. The average molecular weight is 291 g/mol. The zero-order valence-electron chi connectivity index (χ0n) is 11.4. The molecule has 0 aliphatic carbocycles. The Balaban J connectivity index is 2.03. The Morgan fingerprint density at radius 1 is 1.15 bits per heavy atom. The largest absolute Gasteiger partial charge is 0.493 e. The molecule has 0 radical (unpaired) electrons. The van der Waals surface area contributed by atoms with E-state index in [4.69, 9.17) is 15.2 Å². The van der Waals surface area contributed by atoms with Crippen LogP contribution in [0.1, 0.15) is 11.6 Å². The zero-order valence-corrected chi connectivity index (χ0v) is 12.3. The first kappa shape index (κ1) is 14.6. The lowest BCUT2D eigenvalue weighted by Gasteiger charge is -2.14. The average Bonchev–Trinajstić information content (AvgIpc) is 2.52. The van der Waals surface area contributed by atoms with Crippen LogP contribution in [-0.4, -0.2) is 29.9 Å². The van der Waals surface area contributed by atoms with Crippen LogP contribution in [0.15, 0.2) is 41.8 Å². The lowest BCUT2D eigenvalue weighted by Crippen LogP contribution is -2.13. The Morgan fingerprint density at radius 2 is 1.85 bits per heavy atom. The van der Waals surface area contributed by atoms with Gasteiger partial charge < -0.3 is 15.2 Å². The molecule has 0 fully saturated rings. The molecule has 0 aliphatic heterocycles. The van der Waals surface area contributed by atoms with Crippen molar-refractivity contribution >= 4 is 11.8 Å². The summed E-state index contributed by atoms with van der Waals surface area (Å²) in [7, 11) is 3.22. The molecular weight excluding hydrogens is 274 g/mol. The highest BCUT2D eigenvalue weighted by Crippen LogP contribution is 2.30. The quantitative estimate of drug-likeness (QED) is 0.650. The molecule has 0 bridgehead atoms. The first-order chi connectivity index (χ1) is 9.74. The first-order valence-electron chi connectivity index (χ1n) is 6.12. The number of nitrogens with zero attached hydrogens (tertiary/aromatic N) is 2. The maximum atomic E-state index is 6.19. The predicted molar refractivity (Wildman–Crippen MR) is 79.2 cm³/mol. The summed E-state index contributed by atoms with van der Waals surface area (Å²) in [4.78, 5) is 8.31. The Bertz CT molecular complexity index is 551. The molecule has 106 valence electrons. The second-order valence-corrected chi connectivity index (χ2v) is 5.05. The lowest BCUT2D eigenvalue weighted by molar-refractivity contribution is 0.354. The number of nitrogens with two attached hydrogens (primary N) is 1. The molecule has 0 saturated heterocycles. The van der Waals surface area contributed by atoms with Gasteiger partial charge in [-0.15, -0.1) is 0 Å². The predicted octanol–water partition coefficient (Wildman–Crippen LogP) is 2.29. The molecule has 1 aromatic carbocycles. The van der Waals surface area contributed by atoms with E-state index >= 15 is 0 Å². The van der Waals surface area contributed by atoms with Gasteiger partial charge in [0.05, 0.1) is 14.2 Å². The van der Waals surface area contributed by atoms with Gasteiger partial charge in [0.15, 0.2) is 16.7 Å². The maximum absolute atomic E-state index is 6.19. The van der Waals surface area contributed by atoms with Crippen LogP contribution < -0.4 is 15.2 Å². The van der Waals surface area contributed by atoms with Gasteiger partial charge in [0, 0.05) is 24.2 Å². The Hall–Kier alpha value is -1.79. The van der Waals surface area contributed by atoms with E-state index in [9.17, 15) is 0 Å². The van der Waals surface area contributed by atoms with E-state index in [0.29, 0.717) is 17.3 Å². The fraction of sp³-hybridized carbons (Fsp3) is 0.286. The molecule has 2 N–H and O–H groups in total. The molecule has 0 aliphatic rings. The summed E-state index contributed by atoms with van der Waals surface area (Å²) in [5.74, 6) is 2.07. The first-order valence-corrected chi connectivity index (χ1v) is 7.10. The van der Waals surface area contributed by atoms with Gasteiger partial charge in [0.2, 0.25) is 0 Å². The van der Waals surface area contributed by atoms with Crippen LogP contribution in [0.3, 0.4) is 0 Å². The van der Waals surface area contributed by atoms with E-state index < -0.39 is 0 Å². The molecule has 0 spiro atoms. The summed E-state index contributed by atoms with van der Waals surface area (Å²) in [5.41, 5.74) is 7.18. The molecule has 1 atom stereocenters. The number of ether oxygens (including phenoxy) is 2. The van der Waals surface area contributed by atoms with Crippen LogP contribution in [0.4, 0.5) is 0 Å². The van der Waals surface area contributed by atoms with Crippen molar-refractivity contribution in [3.8, 4) is 11.5 Å². The summed E-state index contributed by atoms with van der Waals surface area (Å²) in [6.07, 6.45) is 3.44. The van der Waals surface area contributed by atoms with Gasteiger partial charge in [0.1, 0.15) is 0 Å². The molecule has 1 unspecified atom stereocenters. The standard InChI is InChI=1S/C14H17N3O2S/c1-18-12-5-4-10(8-13(12)19-2)11(15)9-20-14-16-6-3-7-17-14/h3-8,11H,9,15H2,1-2H3. The van der Waals surface area contributed by atoms with Crippen molar-refractivity contribution in [2.75, 3.05) is 20.0 Å². The van der Waals surface area contributed by atoms with Crippen molar-refractivity contribution in [3.05, 3.63) is 42.2 Å². The van der Waals surface area contributed by atoms with Crippen LogP contribution in [0.25, 0.3) is 0 Å². The zero-order chi connectivity index (χ0) is 14.4. The third-order valence-corrected chi connectivity index (χ3v) is 3.76. The molecule has 5 nitrogen and oxygen atoms in total. The summed E-state index contributed by atoms with van der Waals surface area (Å²) in [5, 5.41) is 0.725. The number of aromatic nitrogens is 2. The fourth-order valence-electron chi connectivity index (χ4n) is 1.70. The second kappa shape index (κ2) is 7.12. The SMILES string of the molecule is COc1ccc(C(N)CSc2ncccn2)cc1OC. The van der Waals surface area contributed by atoms with Gasteiger partial charge in [-0.3, -0.25) is 0 Å². The summed E-state index contributed by atoms with van der Waals surface area (Å²) in [6, 6.07) is 7.37. The minimum Gasteiger partial charge on any atom is -0.493 e. The highest BCUT2D eigenvalue weighted by Gasteiger charge is 2.11. The molecule has 0 amide bonds. The maximum Gasteiger partial charge on any atom is 0.187 e. The van der Waals surface area contributed by atoms with Crippen LogP contribution in [0, 0.1) is 0 Å². The van der Waals surface area contributed by atoms with Crippen LogP contribution in [0.2, 0.25) is 0 Å². The third-order valence-electron chi connectivity index (χ3n) is 2.77. The number of methoxy groups -OCH3 is 2. The Kier molecular flexibility index (Phi) is 5.20. The van der Waals surface area contributed by atoms with Gasteiger partial charge >= 0.3 is 0 Å². The van der Waals surface area contributed by atoms with Crippen LogP contribution in [0.5, 0.6) is 11.5 Å². The molecule has 2 rings (SSSR count). The van der Waals surface area contributed by atoms with Crippen LogP contribution >= 0.6 is 11.8 Å². The van der Waals surface area contributed by atoms with Crippen molar-refractivity contribution in [3.63, 3.8) is 0 Å². The smallest absolute Gasteiger partial charge is 0.187 e. The highest BCUT2D eigenvalue weighted by atomic mass is 32.2. The van der Waals surface area contributed by atoms with Gasteiger partial charge in [-0.05, 0) is 23.8 Å². The van der Waals surface area contributed by atoms with Gasteiger partial charge in [-0.25, -0.2) is 9.97 Å². The summed E-state index contributed by atoms with van der Waals surface area (Å²) in [6.45, 7) is 0. The van der Waals surface area contributed by atoms with E-state index in [-0.39, 0.29) is 6.04 Å². The number of benzene rings is 1. The van der Waals surface area contributed by atoms with Crippen molar-refractivity contribution < 1.29 is 9.47 Å². The monoisotopic (exact) mass is 291 g/mol. The Labute approximate surface area is 122 Å². The van der Waals surface area contributed by atoms with Crippen molar-refractivity contribution in [1.82, 2.24) is 9.97 Å². The second-order valence-electron chi connectivity index (χ2n) is 4.06. The van der Waals surface area contributed by atoms with Gasteiger partial charge in [-0.2, -0.15) is 0 Å². The normalized spacial score (nSPS) is 11.9. The van der Waals surface area contributed by atoms with E-state index in [2.05, 4.69) is 9.97 Å². The van der Waals surface area contributed by atoms with E-state index in [1.165, 1.54) is 11.8 Å². The van der Waals surface area contributed by atoms with Crippen molar-refractivity contribution in [1.29, 1.82) is 0 Å². The minimum atomic E-state index is -0.122. The molecule has 2 aromatic rings. The number of rotatable bonds is 6. The van der Waals surface area contributed by atoms with Crippen molar-refractivity contribution in [2.24, 2.45) is 5.73 Å². The Morgan fingerprint density at radius 3 is 2.50 bits per heavy atom. The topological polar surface area (TPSA) is 70.3 Å². The molecule has 1 aromatic heterocycles. The fourth-order valence-corrected chi connectivity index (χ4v) is 2.50. The van der Waals surface area contributed by atoms with E-state index in [1.54, 1.807) is 32.7 Å². The number of hydrogen-bond acceptors (Lipinski definition) is 6. The molecule has 20 heavy (non-hydrogen) atoms. The third kappa shape index (κ3) is 3.61. The summed E-state index contributed by atoms with van der Waals surface area (Å²) < 4.78 is 10.5. The van der Waals surface area contributed by atoms with E-state index in [0.717, 1.165) is 10.7 Å². The minimum absolute atomic E-state index is 0.122.